The highest BCUT2D eigenvalue weighted by Gasteiger charge is 2.44. The van der Waals surface area contributed by atoms with E-state index in [1.807, 2.05) is 24.0 Å². The van der Waals surface area contributed by atoms with Gasteiger partial charge in [0.15, 0.2) is 0 Å². The normalized spacial score (nSPS) is 28.4. The highest BCUT2D eigenvalue weighted by Crippen LogP contribution is 2.30. The molecule has 2 unspecified atom stereocenters. The number of nitrogens with zero attached hydrogens (tertiary/aromatic N) is 4. The maximum absolute atomic E-state index is 12.0. The Hall–Kier alpha value is -1.60. The Balaban J connectivity index is 1.71. The van der Waals surface area contributed by atoms with E-state index < -0.39 is 0 Å². The van der Waals surface area contributed by atoms with Crippen LogP contribution in [0.1, 0.15) is 18.7 Å². The third kappa shape index (κ3) is 2.96. The van der Waals surface area contributed by atoms with Gasteiger partial charge in [-0.2, -0.15) is 0 Å². The number of carbonyl (C=O) groups is 1. The van der Waals surface area contributed by atoms with Gasteiger partial charge in [-0.3, -0.25) is 4.90 Å². The Bertz CT molecular complexity index is 530. The molecule has 122 valence electrons. The van der Waals surface area contributed by atoms with E-state index in [-0.39, 0.29) is 18.2 Å². The lowest BCUT2D eigenvalue weighted by molar-refractivity contribution is -0.0211. The van der Waals surface area contributed by atoms with E-state index >= 15 is 0 Å². The lowest BCUT2D eigenvalue weighted by atomic mass is 10.0. The Morgan fingerprint density at radius 2 is 2.36 bits per heavy atom. The first kappa shape index (κ1) is 15.3. The molecule has 0 saturated carbocycles. The van der Waals surface area contributed by atoms with Crippen molar-refractivity contribution in [2.24, 2.45) is 7.05 Å². The number of nitrogens with one attached hydrogen (secondary N) is 1. The van der Waals surface area contributed by atoms with E-state index in [1.165, 1.54) is 0 Å². The van der Waals surface area contributed by atoms with Crippen molar-refractivity contribution in [1.82, 2.24) is 24.7 Å². The van der Waals surface area contributed by atoms with Gasteiger partial charge >= 0.3 is 6.03 Å². The molecule has 2 aliphatic heterocycles. The largest absolute Gasteiger partial charge is 0.374 e. The van der Waals surface area contributed by atoms with Gasteiger partial charge in [0.25, 0.3) is 0 Å². The van der Waals surface area contributed by atoms with Gasteiger partial charge < -0.3 is 19.5 Å². The molecule has 2 fully saturated rings. The van der Waals surface area contributed by atoms with Crippen molar-refractivity contribution in [3.8, 4) is 0 Å². The van der Waals surface area contributed by atoms with Gasteiger partial charge in [0.2, 0.25) is 0 Å². The van der Waals surface area contributed by atoms with Crippen LogP contribution in [0.25, 0.3) is 0 Å². The number of urea groups is 1. The van der Waals surface area contributed by atoms with Crippen molar-refractivity contribution >= 4 is 6.03 Å². The second-order valence-corrected chi connectivity index (χ2v) is 6.38. The van der Waals surface area contributed by atoms with Crippen LogP contribution < -0.4 is 5.32 Å². The fraction of sp³-hybridized carbons (Fsp3) is 0.733. The molecule has 0 aliphatic carbocycles. The van der Waals surface area contributed by atoms with Crippen LogP contribution in [0.3, 0.4) is 0 Å². The molecule has 0 aromatic carbocycles. The van der Waals surface area contributed by atoms with Crippen LogP contribution >= 0.6 is 0 Å². The first-order valence-electron chi connectivity index (χ1n) is 7.86. The number of hydrogen-bond acceptors (Lipinski definition) is 4. The molecule has 2 aliphatic rings. The summed E-state index contributed by atoms with van der Waals surface area (Å²) < 4.78 is 8.02. The fourth-order valence-corrected chi connectivity index (χ4v) is 3.38. The van der Waals surface area contributed by atoms with Crippen LogP contribution in [0.4, 0.5) is 4.79 Å². The standard InChI is InChI=1S/C15H25N5O2/c1-18(2)15(21)17-11-9-20(10-13-16-6-7-19(13)3)12-5-4-8-22-14(11)12/h6-7,11-12,14H,4-5,8-10H2,1-3H3,(H,17,21)/t11-,12?,14?/m0/s1. The average Bonchev–Trinajstić information content (AvgIpc) is 3.05. The Kier molecular flexibility index (Phi) is 4.35. The minimum atomic E-state index is -0.0586. The monoisotopic (exact) mass is 307 g/mol. The number of aromatic nitrogens is 2. The number of likely N-dealkylation sites (tertiary alicyclic amines) is 1. The van der Waals surface area contributed by atoms with Crippen LogP contribution in [0, 0.1) is 0 Å². The zero-order valence-electron chi connectivity index (χ0n) is 13.5. The van der Waals surface area contributed by atoms with Crippen LogP contribution in [0.15, 0.2) is 12.4 Å². The molecule has 22 heavy (non-hydrogen) atoms. The zero-order valence-corrected chi connectivity index (χ0v) is 13.5. The summed E-state index contributed by atoms with van der Waals surface area (Å²) in [6, 6.07) is 0.343. The van der Waals surface area contributed by atoms with Gasteiger partial charge in [-0.05, 0) is 12.8 Å². The summed E-state index contributed by atoms with van der Waals surface area (Å²) >= 11 is 0. The molecule has 7 heteroatoms. The van der Waals surface area contributed by atoms with E-state index in [2.05, 4.69) is 15.2 Å². The van der Waals surface area contributed by atoms with E-state index in [0.29, 0.717) is 6.04 Å². The second kappa shape index (κ2) is 6.26. The summed E-state index contributed by atoms with van der Waals surface area (Å²) in [7, 11) is 5.53. The molecular weight excluding hydrogens is 282 g/mol. The molecule has 1 aromatic rings. The molecule has 2 amide bonds. The summed E-state index contributed by atoms with van der Waals surface area (Å²) in [5.41, 5.74) is 0. The molecular formula is C15H25N5O2. The minimum absolute atomic E-state index is 0.0421. The highest BCUT2D eigenvalue weighted by atomic mass is 16.5. The Morgan fingerprint density at radius 3 is 3.05 bits per heavy atom. The van der Waals surface area contributed by atoms with Gasteiger partial charge in [-0.25, -0.2) is 9.78 Å². The summed E-state index contributed by atoms with van der Waals surface area (Å²) in [6.07, 6.45) is 6.06. The van der Waals surface area contributed by atoms with Gasteiger partial charge in [-0.15, -0.1) is 0 Å². The summed E-state index contributed by atoms with van der Waals surface area (Å²) in [5, 5.41) is 3.09. The molecule has 3 atom stereocenters. The number of hydrogen-bond donors (Lipinski definition) is 1. The average molecular weight is 307 g/mol. The molecule has 3 rings (SSSR count). The van der Waals surface area contributed by atoms with Crippen molar-refractivity contribution in [3.63, 3.8) is 0 Å². The number of ether oxygens (including phenoxy) is 1. The summed E-state index contributed by atoms with van der Waals surface area (Å²) in [6.45, 7) is 2.38. The van der Waals surface area contributed by atoms with E-state index in [0.717, 1.165) is 38.4 Å². The SMILES string of the molecule is CN(C)C(=O)N[C@H]1CN(Cc2nccn2C)C2CCCOC21. The first-order valence-corrected chi connectivity index (χ1v) is 7.86. The van der Waals surface area contributed by atoms with Gasteiger partial charge in [0.1, 0.15) is 5.82 Å². The number of amides is 2. The van der Waals surface area contributed by atoms with Crippen molar-refractivity contribution < 1.29 is 9.53 Å². The number of fused-ring (bicyclic) bond motifs is 1. The fourth-order valence-electron chi connectivity index (χ4n) is 3.38. The number of carbonyl (C=O) groups excluding carboxylic acids is 1. The lowest BCUT2D eigenvalue weighted by Gasteiger charge is -2.32. The van der Waals surface area contributed by atoms with Crippen molar-refractivity contribution in [1.29, 1.82) is 0 Å². The summed E-state index contributed by atoms with van der Waals surface area (Å²) in [5.74, 6) is 1.05. The highest BCUT2D eigenvalue weighted by molar-refractivity contribution is 5.74. The molecule has 3 heterocycles. The minimum Gasteiger partial charge on any atom is -0.374 e. The van der Waals surface area contributed by atoms with Crippen molar-refractivity contribution in [2.75, 3.05) is 27.2 Å². The van der Waals surface area contributed by atoms with Crippen molar-refractivity contribution in [2.45, 2.75) is 37.6 Å². The molecule has 0 bridgehead atoms. The van der Waals surface area contributed by atoms with Gasteiger partial charge in [0.05, 0.1) is 18.7 Å². The molecule has 1 aromatic heterocycles. The number of rotatable bonds is 3. The van der Waals surface area contributed by atoms with E-state index in [1.54, 1.807) is 19.0 Å². The van der Waals surface area contributed by atoms with Crippen LogP contribution in [-0.4, -0.2) is 70.8 Å². The topological polar surface area (TPSA) is 62.6 Å². The third-order valence-corrected chi connectivity index (χ3v) is 4.61. The van der Waals surface area contributed by atoms with E-state index in [4.69, 9.17) is 4.74 Å². The predicted molar refractivity (Wildman–Crippen MR) is 82.4 cm³/mol. The maximum atomic E-state index is 12.0. The maximum Gasteiger partial charge on any atom is 0.317 e. The van der Waals surface area contributed by atoms with Crippen LogP contribution in [-0.2, 0) is 18.3 Å². The van der Waals surface area contributed by atoms with E-state index in [9.17, 15) is 4.79 Å². The molecule has 0 radical (unpaired) electrons. The quantitative estimate of drug-likeness (QED) is 0.879. The Labute approximate surface area is 131 Å². The summed E-state index contributed by atoms with van der Waals surface area (Å²) in [4.78, 5) is 20.4. The molecule has 7 nitrogen and oxygen atoms in total. The van der Waals surface area contributed by atoms with Crippen LogP contribution in [0.2, 0.25) is 0 Å². The predicted octanol–water partition coefficient (Wildman–Crippen LogP) is 0.423. The second-order valence-electron chi connectivity index (χ2n) is 6.38. The molecule has 2 saturated heterocycles. The van der Waals surface area contributed by atoms with Gasteiger partial charge in [0, 0.05) is 52.7 Å². The lowest BCUT2D eigenvalue weighted by Crippen LogP contribution is -2.50. The smallest absolute Gasteiger partial charge is 0.317 e. The Morgan fingerprint density at radius 1 is 1.55 bits per heavy atom. The third-order valence-electron chi connectivity index (χ3n) is 4.61. The zero-order chi connectivity index (χ0) is 15.7. The number of aryl methyl sites for hydroxylation is 1. The molecule has 0 spiro atoms. The van der Waals surface area contributed by atoms with Crippen molar-refractivity contribution in [3.05, 3.63) is 18.2 Å². The number of imidazole rings is 1. The van der Waals surface area contributed by atoms with Gasteiger partial charge in [-0.1, -0.05) is 0 Å². The van der Waals surface area contributed by atoms with Crippen LogP contribution in [0.5, 0.6) is 0 Å². The first-order chi connectivity index (χ1) is 10.6. The molecule has 1 N–H and O–H groups in total.